The molecule has 0 aromatic heterocycles. The largest absolute Gasteiger partial charge is 0.496 e. The van der Waals surface area contributed by atoms with E-state index in [1.54, 1.807) is 7.11 Å². The summed E-state index contributed by atoms with van der Waals surface area (Å²) in [5.74, 6) is 0.926. The van der Waals surface area contributed by atoms with Crippen LogP contribution in [0, 0.1) is 13.8 Å². The lowest BCUT2D eigenvalue weighted by atomic mass is 9.89. The van der Waals surface area contributed by atoms with Gasteiger partial charge in [0.05, 0.1) is 7.11 Å². The van der Waals surface area contributed by atoms with Crippen LogP contribution < -0.4 is 10.5 Å². The molecule has 0 aliphatic heterocycles. The Labute approximate surface area is 86.1 Å². The minimum absolute atomic E-state index is 0.291. The Morgan fingerprint density at radius 1 is 1.14 bits per heavy atom. The lowest BCUT2D eigenvalue weighted by molar-refractivity contribution is 0.410. The summed E-state index contributed by atoms with van der Waals surface area (Å²) >= 11 is 0. The molecule has 0 unspecified atom stereocenters. The molecular weight excluding hydrogens is 174 g/mol. The molecule has 2 nitrogen and oxygen atoms in total. The van der Waals surface area contributed by atoms with Crippen molar-refractivity contribution in [3.63, 3.8) is 0 Å². The molecule has 0 heterocycles. The third-order valence-corrected chi connectivity index (χ3v) is 2.65. The highest BCUT2D eigenvalue weighted by Crippen LogP contribution is 2.29. The second-order valence-electron chi connectivity index (χ2n) is 4.29. The summed E-state index contributed by atoms with van der Waals surface area (Å²) in [7, 11) is 1.69. The normalized spacial score (nSPS) is 11.6. The van der Waals surface area contributed by atoms with Gasteiger partial charge in [0.15, 0.2) is 0 Å². The lowest BCUT2D eigenvalue weighted by Gasteiger charge is -2.23. The molecule has 0 atom stereocenters. The summed E-state index contributed by atoms with van der Waals surface area (Å²) in [6, 6.07) is 4.02. The van der Waals surface area contributed by atoms with Gasteiger partial charge < -0.3 is 10.5 Å². The third-order valence-electron chi connectivity index (χ3n) is 2.65. The minimum atomic E-state index is -0.291. The van der Waals surface area contributed by atoms with Gasteiger partial charge in [0.25, 0.3) is 0 Å². The molecule has 1 aromatic rings. The van der Waals surface area contributed by atoms with E-state index in [0.29, 0.717) is 0 Å². The minimum Gasteiger partial charge on any atom is -0.496 e. The van der Waals surface area contributed by atoms with Gasteiger partial charge in [-0.3, -0.25) is 0 Å². The fraction of sp³-hybridized carbons (Fsp3) is 0.500. The van der Waals surface area contributed by atoms with Crippen molar-refractivity contribution in [2.24, 2.45) is 5.73 Å². The number of hydrogen-bond donors (Lipinski definition) is 1. The van der Waals surface area contributed by atoms with E-state index in [0.717, 1.165) is 5.75 Å². The number of ether oxygens (including phenoxy) is 1. The van der Waals surface area contributed by atoms with Crippen LogP contribution in [0.15, 0.2) is 12.1 Å². The van der Waals surface area contributed by atoms with E-state index in [2.05, 4.69) is 13.8 Å². The van der Waals surface area contributed by atoms with Gasteiger partial charge in [-0.1, -0.05) is 6.07 Å². The zero-order valence-corrected chi connectivity index (χ0v) is 9.64. The van der Waals surface area contributed by atoms with Gasteiger partial charge in [0.2, 0.25) is 0 Å². The monoisotopic (exact) mass is 193 g/mol. The number of rotatable bonds is 2. The van der Waals surface area contributed by atoms with E-state index in [9.17, 15) is 0 Å². The van der Waals surface area contributed by atoms with Gasteiger partial charge in [0.1, 0.15) is 5.75 Å². The van der Waals surface area contributed by atoms with Crippen molar-refractivity contribution in [2.45, 2.75) is 33.2 Å². The first-order valence-electron chi connectivity index (χ1n) is 4.81. The summed E-state index contributed by atoms with van der Waals surface area (Å²) in [6.45, 7) is 8.17. The molecule has 1 rings (SSSR count). The van der Waals surface area contributed by atoms with E-state index in [1.807, 2.05) is 26.0 Å². The van der Waals surface area contributed by atoms with E-state index < -0.39 is 0 Å². The number of hydrogen-bond acceptors (Lipinski definition) is 2. The highest BCUT2D eigenvalue weighted by Gasteiger charge is 2.18. The molecule has 1 aromatic carbocycles. The first-order valence-corrected chi connectivity index (χ1v) is 4.81. The number of benzene rings is 1. The molecule has 78 valence electrons. The quantitative estimate of drug-likeness (QED) is 0.783. The maximum Gasteiger partial charge on any atom is 0.122 e. The zero-order chi connectivity index (χ0) is 10.9. The highest BCUT2D eigenvalue weighted by molar-refractivity contribution is 5.45. The van der Waals surface area contributed by atoms with Crippen LogP contribution in [-0.2, 0) is 5.54 Å². The Morgan fingerprint density at radius 3 is 2.14 bits per heavy atom. The predicted molar refractivity (Wildman–Crippen MR) is 59.7 cm³/mol. The Bertz CT molecular complexity index is 337. The SMILES string of the molecule is COc1ccc(C(C)(C)N)c(C)c1C. The first-order chi connectivity index (χ1) is 6.38. The maximum atomic E-state index is 6.08. The van der Waals surface area contributed by atoms with Crippen molar-refractivity contribution in [1.29, 1.82) is 0 Å². The molecule has 0 saturated heterocycles. The molecule has 14 heavy (non-hydrogen) atoms. The fourth-order valence-corrected chi connectivity index (χ4v) is 1.71. The van der Waals surface area contributed by atoms with Crippen LogP contribution in [0.3, 0.4) is 0 Å². The van der Waals surface area contributed by atoms with Crippen LogP contribution >= 0.6 is 0 Å². The van der Waals surface area contributed by atoms with E-state index >= 15 is 0 Å². The highest BCUT2D eigenvalue weighted by atomic mass is 16.5. The van der Waals surface area contributed by atoms with Crippen LogP contribution in [0.5, 0.6) is 5.75 Å². The molecule has 0 radical (unpaired) electrons. The van der Waals surface area contributed by atoms with E-state index in [4.69, 9.17) is 10.5 Å². The summed E-state index contributed by atoms with van der Waals surface area (Å²) in [5, 5.41) is 0. The van der Waals surface area contributed by atoms with Crippen LogP contribution in [0.4, 0.5) is 0 Å². The fourth-order valence-electron chi connectivity index (χ4n) is 1.71. The topological polar surface area (TPSA) is 35.2 Å². The Hall–Kier alpha value is -1.02. The van der Waals surface area contributed by atoms with Crippen molar-refractivity contribution in [3.05, 3.63) is 28.8 Å². The van der Waals surface area contributed by atoms with Gasteiger partial charge in [-0.05, 0) is 50.5 Å². The zero-order valence-electron chi connectivity index (χ0n) is 9.64. The van der Waals surface area contributed by atoms with Gasteiger partial charge in [0, 0.05) is 5.54 Å². The molecule has 2 heteroatoms. The maximum absolute atomic E-state index is 6.08. The summed E-state index contributed by atoms with van der Waals surface area (Å²) in [4.78, 5) is 0. The van der Waals surface area contributed by atoms with Crippen molar-refractivity contribution in [1.82, 2.24) is 0 Å². The molecule has 2 N–H and O–H groups in total. The average molecular weight is 193 g/mol. The van der Waals surface area contributed by atoms with E-state index in [1.165, 1.54) is 16.7 Å². The van der Waals surface area contributed by atoms with Gasteiger partial charge >= 0.3 is 0 Å². The van der Waals surface area contributed by atoms with Crippen LogP contribution in [0.25, 0.3) is 0 Å². The molecule has 0 aliphatic carbocycles. The van der Waals surface area contributed by atoms with Crippen LogP contribution in [-0.4, -0.2) is 7.11 Å². The van der Waals surface area contributed by atoms with Gasteiger partial charge in [-0.15, -0.1) is 0 Å². The Morgan fingerprint density at radius 2 is 1.71 bits per heavy atom. The standard InChI is InChI=1S/C12H19NO/c1-8-9(2)11(14-5)7-6-10(8)12(3,4)13/h6-7H,13H2,1-5H3. The lowest BCUT2D eigenvalue weighted by Crippen LogP contribution is -2.29. The van der Waals surface area contributed by atoms with Gasteiger partial charge in [-0.2, -0.15) is 0 Å². The van der Waals surface area contributed by atoms with Crippen LogP contribution in [0.2, 0.25) is 0 Å². The molecule has 0 fully saturated rings. The molecule has 0 aliphatic rings. The van der Waals surface area contributed by atoms with E-state index in [-0.39, 0.29) is 5.54 Å². The Balaban J connectivity index is 3.31. The molecule has 0 bridgehead atoms. The molecule has 0 saturated carbocycles. The Kier molecular flexibility index (Phi) is 2.86. The summed E-state index contributed by atoms with van der Waals surface area (Å²) < 4.78 is 5.25. The smallest absolute Gasteiger partial charge is 0.122 e. The van der Waals surface area contributed by atoms with Crippen molar-refractivity contribution >= 4 is 0 Å². The number of nitrogens with two attached hydrogens (primary N) is 1. The molecule has 0 amide bonds. The summed E-state index contributed by atoms with van der Waals surface area (Å²) in [6.07, 6.45) is 0. The predicted octanol–water partition coefficient (Wildman–Crippen LogP) is 2.51. The molecule has 0 spiro atoms. The summed E-state index contributed by atoms with van der Waals surface area (Å²) in [5.41, 5.74) is 9.35. The van der Waals surface area contributed by atoms with Crippen LogP contribution in [0.1, 0.15) is 30.5 Å². The second kappa shape index (κ2) is 3.62. The van der Waals surface area contributed by atoms with Crippen molar-refractivity contribution < 1.29 is 4.74 Å². The van der Waals surface area contributed by atoms with Gasteiger partial charge in [-0.25, -0.2) is 0 Å². The second-order valence-corrected chi connectivity index (χ2v) is 4.29. The third kappa shape index (κ3) is 1.90. The first kappa shape index (κ1) is 11.1. The van der Waals surface area contributed by atoms with Crippen molar-refractivity contribution in [3.8, 4) is 5.75 Å². The van der Waals surface area contributed by atoms with Crippen molar-refractivity contribution in [2.75, 3.05) is 7.11 Å². The number of methoxy groups -OCH3 is 1. The average Bonchev–Trinajstić information content (AvgIpc) is 2.07. The molecular formula is C12H19NO.